The number of allylic oxidation sites excluding steroid dienone is 1. The summed E-state index contributed by atoms with van der Waals surface area (Å²) in [5.74, 6) is 1.69. The molecular formula is C23H39N3O4. The topological polar surface area (TPSA) is 105 Å². The zero-order valence-corrected chi connectivity index (χ0v) is 18.3. The van der Waals surface area contributed by atoms with Crippen LogP contribution in [0.15, 0.2) is 12.2 Å². The van der Waals surface area contributed by atoms with Gasteiger partial charge < -0.3 is 15.7 Å². The summed E-state index contributed by atoms with van der Waals surface area (Å²) in [5, 5.41) is 10.3. The van der Waals surface area contributed by atoms with Crippen molar-refractivity contribution in [3.63, 3.8) is 0 Å². The van der Waals surface area contributed by atoms with E-state index in [0.717, 1.165) is 50.7 Å². The molecule has 3 rings (SSSR count). The Morgan fingerprint density at radius 2 is 1.87 bits per heavy atom. The van der Waals surface area contributed by atoms with Gasteiger partial charge in [-0.15, -0.1) is 0 Å². The van der Waals surface area contributed by atoms with Gasteiger partial charge in [0.1, 0.15) is 0 Å². The van der Waals surface area contributed by atoms with Crippen LogP contribution in [-0.2, 0) is 14.4 Å². The summed E-state index contributed by atoms with van der Waals surface area (Å²) in [6, 6.07) is 0. The molecule has 5 atom stereocenters. The van der Waals surface area contributed by atoms with E-state index in [-0.39, 0.29) is 17.7 Å². The number of aliphatic hydroxyl groups is 1. The molecule has 3 aliphatic rings. The molecule has 1 saturated heterocycles. The first-order chi connectivity index (χ1) is 14.5. The molecule has 0 radical (unpaired) electrons. The Morgan fingerprint density at radius 1 is 1.10 bits per heavy atom. The van der Waals surface area contributed by atoms with Crippen molar-refractivity contribution < 1.29 is 19.5 Å². The van der Waals surface area contributed by atoms with Gasteiger partial charge in [-0.3, -0.25) is 14.4 Å². The molecule has 1 heterocycles. The van der Waals surface area contributed by atoms with Gasteiger partial charge in [-0.1, -0.05) is 18.9 Å². The molecule has 7 heteroatoms. The average molecular weight is 422 g/mol. The minimum absolute atomic E-state index is 0.0747. The van der Waals surface area contributed by atoms with Crippen LogP contribution >= 0.6 is 0 Å². The van der Waals surface area contributed by atoms with Gasteiger partial charge in [0.25, 0.3) is 0 Å². The van der Waals surface area contributed by atoms with E-state index in [0.29, 0.717) is 18.8 Å². The standard InChI is InChI=1S/C23H39N3O4/c1-30-25-23(29)20-7-5-16(14-21(20)27)6-8-22(28)26-11-9-18(10-12-26)19-4-2-3-17(13-19)15-24/h6,8,16-21,27H,2-5,7,9-15,24H2,1H3,(H,25,29)/b8-6+. The lowest BCUT2D eigenvalue weighted by atomic mass is 9.72. The molecule has 5 unspecified atom stereocenters. The number of likely N-dealkylation sites (tertiary alicyclic amines) is 1. The summed E-state index contributed by atoms with van der Waals surface area (Å²) in [5.41, 5.74) is 8.20. The minimum atomic E-state index is -0.706. The number of hydroxylamine groups is 1. The van der Waals surface area contributed by atoms with Crippen LogP contribution in [0.1, 0.15) is 57.8 Å². The summed E-state index contributed by atoms with van der Waals surface area (Å²) < 4.78 is 0. The first-order valence-electron chi connectivity index (χ1n) is 11.7. The van der Waals surface area contributed by atoms with E-state index >= 15 is 0 Å². The van der Waals surface area contributed by atoms with E-state index in [1.165, 1.54) is 32.8 Å². The monoisotopic (exact) mass is 421 g/mol. The van der Waals surface area contributed by atoms with Gasteiger partial charge in [-0.05, 0) is 81.2 Å². The highest BCUT2D eigenvalue weighted by Crippen LogP contribution is 2.38. The molecule has 2 aliphatic carbocycles. The van der Waals surface area contributed by atoms with Crippen molar-refractivity contribution in [3.05, 3.63) is 12.2 Å². The normalized spacial score (nSPS) is 33.6. The number of hydrogen-bond acceptors (Lipinski definition) is 5. The van der Waals surface area contributed by atoms with Gasteiger partial charge in [-0.2, -0.15) is 0 Å². The second-order valence-electron chi connectivity index (χ2n) is 9.47. The highest BCUT2D eigenvalue weighted by atomic mass is 16.6. The predicted molar refractivity (Wildman–Crippen MR) is 115 cm³/mol. The summed E-state index contributed by atoms with van der Waals surface area (Å²) >= 11 is 0. The van der Waals surface area contributed by atoms with E-state index in [1.54, 1.807) is 6.08 Å². The van der Waals surface area contributed by atoms with Crippen molar-refractivity contribution in [1.29, 1.82) is 0 Å². The van der Waals surface area contributed by atoms with E-state index < -0.39 is 12.0 Å². The Bertz CT molecular complexity index is 603. The minimum Gasteiger partial charge on any atom is -0.392 e. The van der Waals surface area contributed by atoms with E-state index in [4.69, 9.17) is 5.73 Å². The molecule has 0 spiro atoms. The smallest absolute Gasteiger partial charge is 0.249 e. The van der Waals surface area contributed by atoms with Crippen molar-refractivity contribution in [2.45, 2.75) is 63.9 Å². The molecule has 30 heavy (non-hydrogen) atoms. The van der Waals surface area contributed by atoms with Crippen molar-refractivity contribution in [3.8, 4) is 0 Å². The Morgan fingerprint density at radius 3 is 2.53 bits per heavy atom. The number of nitrogens with zero attached hydrogens (tertiary/aromatic N) is 1. The molecule has 0 aromatic rings. The van der Waals surface area contributed by atoms with E-state index in [2.05, 4.69) is 10.3 Å². The summed E-state index contributed by atoms with van der Waals surface area (Å²) in [7, 11) is 1.39. The largest absolute Gasteiger partial charge is 0.392 e. The van der Waals surface area contributed by atoms with Crippen LogP contribution in [0.25, 0.3) is 0 Å². The van der Waals surface area contributed by atoms with Gasteiger partial charge in [0.2, 0.25) is 11.8 Å². The Balaban J connectivity index is 1.41. The second kappa shape index (κ2) is 11.3. The molecule has 0 aromatic heterocycles. The van der Waals surface area contributed by atoms with Crippen LogP contribution in [0.4, 0.5) is 0 Å². The molecule has 0 bridgehead atoms. The van der Waals surface area contributed by atoms with Crippen LogP contribution in [-0.4, -0.2) is 54.7 Å². The van der Waals surface area contributed by atoms with Gasteiger partial charge in [0.05, 0.1) is 19.1 Å². The lowest BCUT2D eigenvalue weighted by Crippen LogP contribution is -2.41. The Kier molecular flexibility index (Phi) is 8.72. The van der Waals surface area contributed by atoms with Crippen molar-refractivity contribution >= 4 is 11.8 Å². The summed E-state index contributed by atoms with van der Waals surface area (Å²) in [6.07, 6.45) is 12.1. The second-order valence-corrected chi connectivity index (χ2v) is 9.47. The van der Waals surface area contributed by atoms with Crippen LogP contribution < -0.4 is 11.2 Å². The Labute approximate surface area is 180 Å². The molecule has 170 valence electrons. The SMILES string of the molecule is CONC(=O)C1CCC(/C=C/C(=O)N2CCC(C3CCCC(CN)C3)CC2)CC1O. The fourth-order valence-corrected chi connectivity index (χ4v) is 5.73. The molecule has 0 aromatic carbocycles. The lowest BCUT2D eigenvalue weighted by Gasteiger charge is -2.39. The number of piperidine rings is 1. The fraction of sp³-hybridized carbons (Fsp3) is 0.826. The van der Waals surface area contributed by atoms with Crippen molar-refractivity contribution in [2.75, 3.05) is 26.7 Å². The quantitative estimate of drug-likeness (QED) is 0.449. The third kappa shape index (κ3) is 6.05. The number of nitrogens with two attached hydrogens (primary N) is 1. The average Bonchev–Trinajstić information content (AvgIpc) is 2.77. The maximum absolute atomic E-state index is 12.6. The molecule has 1 aliphatic heterocycles. The molecule has 3 fully saturated rings. The third-order valence-electron chi connectivity index (χ3n) is 7.58. The van der Waals surface area contributed by atoms with E-state index in [1.807, 2.05) is 11.0 Å². The highest BCUT2D eigenvalue weighted by molar-refractivity contribution is 5.87. The Hall–Kier alpha value is -1.44. The highest BCUT2D eigenvalue weighted by Gasteiger charge is 2.34. The number of rotatable bonds is 6. The number of carbonyl (C=O) groups is 2. The van der Waals surface area contributed by atoms with Crippen LogP contribution in [0.3, 0.4) is 0 Å². The first-order valence-corrected chi connectivity index (χ1v) is 11.7. The van der Waals surface area contributed by atoms with Crippen molar-refractivity contribution in [2.24, 2.45) is 35.3 Å². The predicted octanol–water partition coefficient (Wildman–Crippen LogP) is 2.00. The van der Waals surface area contributed by atoms with Gasteiger partial charge >= 0.3 is 0 Å². The van der Waals surface area contributed by atoms with E-state index in [9.17, 15) is 14.7 Å². The summed E-state index contributed by atoms with van der Waals surface area (Å²) in [6.45, 7) is 2.49. The maximum Gasteiger partial charge on any atom is 0.249 e. The maximum atomic E-state index is 12.6. The van der Waals surface area contributed by atoms with Gasteiger partial charge in [0, 0.05) is 13.1 Å². The zero-order valence-electron chi connectivity index (χ0n) is 18.3. The molecule has 7 nitrogen and oxygen atoms in total. The molecular weight excluding hydrogens is 382 g/mol. The van der Waals surface area contributed by atoms with Crippen molar-refractivity contribution in [1.82, 2.24) is 10.4 Å². The van der Waals surface area contributed by atoms with Crippen LogP contribution in [0.5, 0.6) is 0 Å². The van der Waals surface area contributed by atoms with Gasteiger partial charge in [-0.25, -0.2) is 5.48 Å². The molecule has 2 saturated carbocycles. The lowest BCUT2D eigenvalue weighted by molar-refractivity contribution is -0.141. The van der Waals surface area contributed by atoms with Crippen LogP contribution in [0.2, 0.25) is 0 Å². The molecule has 4 N–H and O–H groups in total. The number of aliphatic hydroxyl groups excluding tert-OH is 1. The first kappa shape index (κ1) is 23.2. The van der Waals surface area contributed by atoms with Gasteiger partial charge in [0.15, 0.2) is 0 Å². The number of hydrogen-bond donors (Lipinski definition) is 3. The number of carbonyl (C=O) groups excluding carboxylic acids is 2. The molecule has 2 amide bonds. The number of amides is 2. The zero-order chi connectivity index (χ0) is 21.5. The fourth-order valence-electron chi connectivity index (χ4n) is 5.73. The number of nitrogens with one attached hydrogen (secondary N) is 1. The summed E-state index contributed by atoms with van der Waals surface area (Å²) in [4.78, 5) is 31.1. The third-order valence-corrected chi connectivity index (χ3v) is 7.58. The van der Waals surface area contributed by atoms with Crippen LogP contribution in [0, 0.1) is 29.6 Å².